The van der Waals surface area contributed by atoms with Gasteiger partial charge >= 0.3 is 5.97 Å². The Labute approximate surface area is 128 Å². The van der Waals surface area contributed by atoms with Crippen LogP contribution in [0, 0.1) is 0 Å². The van der Waals surface area contributed by atoms with Crippen LogP contribution in [-0.4, -0.2) is 16.1 Å². The normalized spacial score (nSPS) is 10.5. The minimum absolute atomic E-state index is 0.0901. The first kappa shape index (κ1) is 14.4. The summed E-state index contributed by atoms with van der Waals surface area (Å²) in [6.07, 6.45) is 0. The maximum atomic E-state index is 11.2. The SMILES string of the molecule is O=C(O)c1nc(Cl)ccc1-c1cc(Cl)c(Cl)c(Cl)c1. The van der Waals surface area contributed by atoms with Gasteiger partial charge in [-0.25, -0.2) is 9.78 Å². The van der Waals surface area contributed by atoms with Crippen molar-refractivity contribution in [2.75, 3.05) is 0 Å². The summed E-state index contributed by atoms with van der Waals surface area (Å²) in [6, 6.07) is 6.06. The minimum atomic E-state index is -1.19. The maximum absolute atomic E-state index is 11.2. The third-order valence-electron chi connectivity index (χ3n) is 2.36. The van der Waals surface area contributed by atoms with E-state index in [-0.39, 0.29) is 25.9 Å². The van der Waals surface area contributed by atoms with Crippen LogP contribution >= 0.6 is 46.4 Å². The fourth-order valence-electron chi connectivity index (χ4n) is 1.54. The molecule has 1 aromatic heterocycles. The molecule has 0 amide bonds. The fraction of sp³-hybridized carbons (Fsp3) is 0. The molecule has 1 heterocycles. The highest BCUT2D eigenvalue weighted by molar-refractivity contribution is 6.48. The van der Waals surface area contributed by atoms with Crippen molar-refractivity contribution in [3.8, 4) is 11.1 Å². The highest BCUT2D eigenvalue weighted by atomic mass is 35.5. The van der Waals surface area contributed by atoms with E-state index >= 15 is 0 Å². The molecule has 1 aromatic carbocycles. The van der Waals surface area contributed by atoms with Gasteiger partial charge in [0.05, 0.1) is 15.1 Å². The van der Waals surface area contributed by atoms with Gasteiger partial charge in [0, 0.05) is 5.56 Å². The van der Waals surface area contributed by atoms with Gasteiger partial charge in [-0.3, -0.25) is 0 Å². The molecule has 0 aliphatic heterocycles. The molecule has 2 rings (SSSR count). The van der Waals surface area contributed by atoms with Crippen LogP contribution in [0.2, 0.25) is 20.2 Å². The van der Waals surface area contributed by atoms with Crippen LogP contribution in [0.5, 0.6) is 0 Å². The smallest absolute Gasteiger partial charge is 0.355 e. The highest BCUT2D eigenvalue weighted by Crippen LogP contribution is 2.36. The molecule has 0 fully saturated rings. The second-order valence-electron chi connectivity index (χ2n) is 3.59. The molecule has 0 bridgehead atoms. The number of nitrogens with zero attached hydrogens (tertiary/aromatic N) is 1. The van der Waals surface area contributed by atoms with Crippen molar-refractivity contribution in [1.82, 2.24) is 4.98 Å². The lowest BCUT2D eigenvalue weighted by molar-refractivity contribution is 0.0691. The number of carboxylic acids is 1. The number of halogens is 4. The van der Waals surface area contributed by atoms with E-state index in [1.54, 1.807) is 0 Å². The van der Waals surface area contributed by atoms with E-state index in [1.165, 1.54) is 24.3 Å². The summed E-state index contributed by atoms with van der Waals surface area (Å²) in [5, 5.41) is 9.90. The zero-order chi connectivity index (χ0) is 14.2. The zero-order valence-corrected chi connectivity index (χ0v) is 12.1. The Hall–Kier alpha value is -1.000. The van der Waals surface area contributed by atoms with Gasteiger partial charge < -0.3 is 5.11 Å². The molecule has 1 N–H and O–H groups in total. The Bertz CT molecular complexity index is 650. The number of benzene rings is 1. The lowest BCUT2D eigenvalue weighted by Gasteiger charge is -2.08. The quantitative estimate of drug-likeness (QED) is 0.616. The molecule has 0 aliphatic carbocycles. The number of pyridine rings is 1. The number of carboxylic acid groups (broad SMARTS) is 1. The standard InChI is InChI=1S/C12H5Cl4NO2/c13-7-3-5(4-8(14)10(7)16)6-1-2-9(15)17-11(6)12(18)19/h1-4H,(H,18,19). The van der Waals surface area contributed by atoms with Crippen LogP contribution in [0.15, 0.2) is 24.3 Å². The highest BCUT2D eigenvalue weighted by Gasteiger charge is 2.16. The van der Waals surface area contributed by atoms with Crippen LogP contribution < -0.4 is 0 Å². The number of aromatic carboxylic acids is 1. The Balaban J connectivity index is 2.68. The Morgan fingerprint density at radius 2 is 1.63 bits per heavy atom. The number of aromatic nitrogens is 1. The van der Waals surface area contributed by atoms with Gasteiger partial charge in [-0.15, -0.1) is 0 Å². The second kappa shape index (κ2) is 5.55. The number of rotatable bonds is 2. The predicted octanol–water partition coefficient (Wildman–Crippen LogP) is 5.06. The van der Waals surface area contributed by atoms with Crippen LogP contribution in [0.1, 0.15) is 10.5 Å². The van der Waals surface area contributed by atoms with Gasteiger partial charge in [0.15, 0.2) is 5.69 Å². The van der Waals surface area contributed by atoms with Crippen molar-refractivity contribution in [3.63, 3.8) is 0 Å². The Morgan fingerprint density at radius 1 is 1.05 bits per heavy atom. The molecule has 7 heteroatoms. The summed E-state index contributed by atoms with van der Waals surface area (Å²) >= 11 is 23.4. The molecule has 0 saturated heterocycles. The molecule has 0 radical (unpaired) electrons. The summed E-state index contributed by atoms with van der Waals surface area (Å²) in [7, 11) is 0. The van der Waals surface area contributed by atoms with E-state index in [4.69, 9.17) is 51.5 Å². The molecule has 0 atom stereocenters. The van der Waals surface area contributed by atoms with Gasteiger partial charge in [0.2, 0.25) is 0 Å². The van der Waals surface area contributed by atoms with Gasteiger partial charge in [0.25, 0.3) is 0 Å². The lowest BCUT2D eigenvalue weighted by atomic mass is 10.0. The van der Waals surface area contributed by atoms with Crippen molar-refractivity contribution in [2.45, 2.75) is 0 Å². The molecule has 0 spiro atoms. The third-order valence-corrected chi connectivity index (χ3v) is 3.77. The molecule has 0 aliphatic rings. The lowest BCUT2D eigenvalue weighted by Crippen LogP contribution is -2.03. The molecule has 19 heavy (non-hydrogen) atoms. The summed E-state index contributed by atoms with van der Waals surface area (Å²) in [5.74, 6) is -1.19. The van der Waals surface area contributed by atoms with E-state index in [0.717, 1.165) is 0 Å². The van der Waals surface area contributed by atoms with E-state index in [9.17, 15) is 4.79 Å². The van der Waals surface area contributed by atoms with Gasteiger partial charge in [-0.05, 0) is 29.8 Å². The third kappa shape index (κ3) is 2.95. The van der Waals surface area contributed by atoms with Crippen molar-refractivity contribution in [2.24, 2.45) is 0 Å². The second-order valence-corrected chi connectivity index (χ2v) is 5.17. The molecule has 98 valence electrons. The molecule has 0 unspecified atom stereocenters. The van der Waals surface area contributed by atoms with Gasteiger partial charge in [-0.2, -0.15) is 0 Å². The predicted molar refractivity (Wildman–Crippen MR) is 76.7 cm³/mol. The first-order valence-electron chi connectivity index (χ1n) is 4.95. The summed E-state index contributed by atoms with van der Waals surface area (Å²) in [6.45, 7) is 0. The van der Waals surface area contributed by atoms with E-state index in [0.29, 0.717) is 11.1 Å². The molecule has 3 nitrogen and oxygen atoms in total. The number of carbonyl (C=O) groups is 1. The zero-order valence-electron chi connectivity index (χ0n) is 9.12. The summed E-state index contributed by atoms with van der Waals surface area (Å²) in [5.41, 5.74) is 0.681. The topological polar surface area (TPSA) is 50.2 Å². The Morgan fingerprint density at radius 3 is 2.16 bits per heavy atom. The van der Waals surface area contributed by atoms with Crippen molar-refractivity contribution >= 4 is 52.4 Å². The van der Waals surface area contributed by atoms with Crippen LogP contribution in [0.25, 0.3) is 11.1 Å². The first-order valence-corrected chi connectivity index (χ1v) is 6.46. The largest absolute Gasteiger partial charge is 0.476 e. The van der Waals surface area contributed by atoms with Gasteiger partial charge in [-0.1, -0.05) is 46.4 Å². The van der Waals surface area contributed by atoms with E-state index < -0.39 is 5.97 Å². The molecule has 0 saturated carbocycles. The first-order chi connectivity index (χ1) is 8.90. The van der Waals surface area contributed by atoms with E-state index in [1.807, 2.05) is 0 Å². The summed E-state index contributed by atoms with van der Waals surface area (Å²) < 4.78 is 0. The fourth-order valence-corrected chi connectivity index (χ4v) is 2.29. The molecular formula is C12H5Cl4NO2. The van der Waals surface area contributed by atoms with Crippen molar-refractivity contribution < 1.29 is 9.90 Å². The van der Waals surface area contributed by atoms with Crippen molar-refractivity contribution in [3.05, 3.63) is 50.2 Å². The maximum Gasteiger partial charge on any atom is 0.355 e. The Kier molecular flexibility index (Phi) is 4.21. The monoisotopic (exact) mass is 335 g/mol. The van der Waals surface area contributed by atoms with E-state index in [2.05, 4.69) is 4.98 Å². The van der Waals surface area contributed by atoms with Crippen LogP contribution in [0.3, 0.4) is 0 Å². The van der Waals surface area contributed by atoms with Gasteiger partial charge in [0.1, 0.15) is 5.15 Å². The molecular weight excluding hydrogens is 332 g/mol. The minimum Gasteiger partial charge on any atom is -0.476 e. The van der Waals surface area contributed by atoms with Crippen LogP contribution in [0.4, 0.5) is 0 Å². The average Bonchev–Trinajstić information content (AvgIpc) is 2.35. The number of hydrogen-bond acceptors (Lipinski definition) is 2. The van der Waals surface area contributed by atoms with Crippen LogP contribution in [-0.2, 0) is 0 Å². The van der Waals surface area contributed by atoms with Crippen molar-refractivity contribution in [1.29, 1.82) is 0 Å². The molecule has 2 aromatic rings. The summed E-state index contributed by atoms with van der Waals surface area (Å²) in [4.78, 5) is 14.9. The average molecular weight is 337 g/mol. The number of hydrogen-bond donors (Lipinski definition) is 1.